The molecular weight excluding hydrogens is 236 g/mol. The van der Waals surface area contributed by atoms with Crippen molar-refractivity contribution in [2.24, 2.45) is 5.92 Å². The molecule has 0 spiro atoms. The topological polar surface area (TPSA) is 34.2 Å². The molecule has 2 heterocycles. The van der Waals surface area contributed by atoms with E-state index in [4.69, 9.17) is 4.74 Å². The van der Waals surface area contributed by atoms with Gasteiger partial charge >= 0.3 is 0 Å². The van der Waals surface area contributed by atoms with Crippen molar-refractivity contribution >= 4 is 0 Å². The first-order valence-electron chi connectivity index (χ1n) is 7.73. The normalized spacial score (nSPS) is 34.2. The molecule has 4 rings (SSSR count). The van der Waals surface area contributed by atoms with Gasteiger partial charge in [-0.1, -0.05) is 6.07 Å². The van der Waals surface area contributed by atoms with E-state index in [0.717, 1.165) is 12.5 Å². The molecule has 19 heavy (non-hydrogen) atoms. The van der Waals surface area contributed by atoms with Crippen LogP contribution in [0.2, 0.25) is 0 Å². The Hall–Kier alpha value is -0.930. The van der Waals surface area contributed by atoms with Crippen LogP contribution in [0.25, 0.3) is 0 Å². The van der Waals surface area contributed by atoms with E-state index in [0.29, 0.717) is 18.2 Å². The van der Waals surface area contributed by atoms with Gasteiger partial charge in [0.1, 0.15) is 0 Å². The Balaban J connectivity index is 1.51. The van der Waals surface area contributed by atoms with Crippen molar-refractivity contribution < 1.29 is 4.74 Å². The third-order valence-corrected chi connectivity index (χ3v) is 4.83. The molecular formula is C16H22N2O. The fourth-order valence-electron chi connectivity index (χ4n) is 3.71. The Morgan fingerprint density at radius 2 is 2.16 bits per heavy atom. The molecule has 0 bridgehead atoms. The molecule has 2 aliphatic carbocycles. The average Bonchev–Trinajstić information content (AvgIpc) is 3.20. The number of aryl methyl sites for hydroxylation is 1. The molecule has 0 radical (unpaired) electrons. The number of pyridine rings is 1. The number of rotatable bonds is 3. The van der Waals surface area contributed by atoms with E-state index in [1.807, 2.05) is 6.20 Å². The number of nitrogens with one attached hydrogen (secondary N) is 1. The van der Waals surface area contributed by atoms with E-state index in [9.17, 15) is 0 Å². The first-order valence-corrected chi connectivity index (χ1v) is 7.73. The van der Waals surface area contributed by atoms with Gasteiger partial charge in [0, 0.05) is 18.8 Å². The van der Waals surface area contributed by atoms with Gasteiger partial charge in [-0.3, -0.25) is 4.98 Å². The number of fused-ring (bicyclic) bond motifs is 1. The largest absolute Gasteiger partial charge is 0.376 e. The summed E-state index contributed by atoms with van der Waals surface area (Å²) in [6, 6.07) is 5.29. The number of hydrogen-bond donors (Lipinski definition) is 1. The van der Waals surface area contributed by atoms with E-state index < -0.39 is 0 Å². The lowest BCUT2D eigenvalue weighted by atomic mass is 9.90. The Kier molecular flexibility index (Phi) is 3.04. The summed E-state index contributed by atoms with van der Waals surface area (Å²) < 4.78 is 5.94. The van der Waals surface area contributed by atoms with Gasteiger partial charge in [-0.2, -0.15) is 0 Å². The van der Waals surface area contributed by atoms with Crippen molar-refractivity contribution in [3.05, 3.63) is 29.6 Å². The zero-order valence-corrected chi connectivity index (χ0v) is 11.3. The van der Waals surface area contributed by atoms with Gasteiger partial charge in [-0.15, -0.1) is 0 Å². The molecule has 2 fully saturated rings. The maximum Gasteiger partial charge on any atom is 0.0757 e. The van der Waals surface area contributed by atoms with Gasteiger partial charge in [0.2, 0.25) is 0 Å². The van der Waals surface area contributed by atoms with Crippen molar-refractivity contribution in [1.82, 2.24) is 10.3 Å². The van der Waals surface area contributed by atoms with Gasteiger partial charge in [0.15, 0.2) is 0 Å². The second-order valence-electron chi connectivity index (χ2n) is 6.23. The SMILES string of the molecule is c1cnc2c(c1)CCCC2NC1CCOC1C1CC1. The zero-order valence-electron chi connectivity index (χ0n) is 11.3. The highest BCUT2D eigenvalue weighted by Gasteiger charge is 2.41. The summed E-state index contributed by atoms with van der Waals surface area (Å²) in [5.41, 5.74) is 2.73. The second kappa shape index (κ2) is 4.88. The van der Waals surface area contributed by atoms with Gasteiger partial charge in [-0.05, 0) is 56.1 Å². The summed E-state index contributed by atoms with van der Waals surface area (Å²) in [5, 5.41) is 3.86. The Morgan fingerprint density at radius 1 is 1.21 bits per heavy atom. The maximum absolute atomic E-state index is 5.94. The van der Waals surface area contributed by atoms with Gasteiger partial charge in [0.25, 0.3) is 0 Å². The molecule has 0 amide bonds. The molecule has 1 aromatic heterocycles. The van der Waals surface area contributed by atoms with Crippen LogP contribution in [0.4, 0.5) is 0 Å². The van der Waals surface area contributed by atoms with E-state index in [-0.39, 0.29) is 0 Å². The van der Waals surface area contributed by atoms with Crippen LogP contribution >= 0.6 is 0 Å². The lowest BCUT2D eigenvalue weighted by Crippen LogP contribution is -2.41. The highest BCUT2D eigenvalue weighted by Crippen LogP contribution is 2.40. The molecule has 3 aliphatic rings. The molecule has 0 aromatic carbocycles. The van der Waals surface area contributed by atoms with Crippen LogP contribution in [-0.2, 0) is 11.2 Å². The summed E-state index contributed by atoms with van der Waals surface area (Å²) in [4.78, 5) is 4.62. The van der Waals surface area contributed by atoms with Gasteiger partial charge < -0.3 is 10.1 Å². The molecule has 102 valence electrons. The Morgan fingerprint density at radius 3 is 3.05 bits per heavy atom. The number of nitrogens with zero attached hydrogens (tertiary/aromatic N) is 1. The predicted octanol–water partition coefficient (Wildman–Crippen LogP) is 2.62. The molecule has 3 heteroatoms. The van der Waals surface area contributed by atoms with Crippen LogP contribution in [0.3, 0.4) is 0 Å². The highest BCUT2D eigenvalue weighted by molar-refractivity contribution is 5.25. The molecule has 1 aromatic rings. The van der Waals surface area contributed by atoms with E-state index >= 15 is 0 Å². The minimum atomic E-state index is 0.442. The van der Waals surface area contributed by atoms with Crippen LogP contribution in [0.15, 0.2) is 18.3 Å². The first-order chi connectivity index (χ1) is 9.42. The third-order valence-electron chi connectivity index (χ3n) is 4.83. The quantitative estimate of drug-likeness (QED) is 0.905. The number of aromatic nitrogens is 1. The summed E-state index contributed by atoms with van der Waals surface area (Å²) in [6.07, 6.45) is 9.98. The van der Waals surface area contributed by atoms with Crippen molar-refractivity contribution in [2.45, 2.75) is 56.7 Å². The van der Waals surface area contributed by atoms with Crippen LogP contribution in [0.5, 0.6) is 0 Å². The van der Waals surface area contributed by atoms with E-state index in [1.165, 1.54) is 49.8 Å². The van der Waals surface area contributed by atoms with Crippen LogP contribution in [0, 0.1) is 5.92 Å². The van der Waals surface area contributed by atoms with Crippen molar-refractivity contribution in [3.63, 3.8) is 0 Å². The highest BCUT2D eigenvalue weighted by atomic mass is 16.5. The molecule has 1 saturated heterocycles. The molecule has 3 nitrogen and oxygen atoms in total. The minimum absolute atomic E-state index is 0.442. The van der Waals surface area contributed by atoms with Crippen LogP contribution in [0.1, 0.15) is 49.4 Å². The zero-order chi connectivity index (χ0) is 12.7. The molecule has 3 unspecified atom stereocenters. The van der Waals surface area contributed by atoms with Crippen LogP contribution < -0.4 is 5.32 Å². The fourth-order valence-corrected chi connectivity index (χ4v) is 3.71. The monoisotopic (exact) mass is 258 g/mol. The summed E-state index contributed by atoms with van der Waals surface area (Å²) in [6.45, 7) is 0.931. The van der Waals surface area contributed by atoms with Crippen molar-refractivity contribution in [3.8, 4) is 0 Å². The summed E-state index contributed by atoms with van der Waals surface area (Å²) in [7, 11) is 0. The lowest BCUT2D eigenvalue weighted by molar-refractivity contribution is 0.0781. The van der Waals surface area contributed by atoms with Crippen LogP contribution in [-0.4, -0.2) is 23.7 Å². The minimum Gasteiger partial charge on any atom is -0.376 e. The Labute approximate surface area is 114 Å². The van der Waals surface area contributed by atoms with Gasteiger partial charge in [-0.25, -0.2) is 0 Å². The molecule has 1 saturated carbocycles. The Bertz CT molecular complexity index is 458. The average molecular weight is 258 g/mol. The number of hydrogen-bond acceptors (Lipinski definition) is 3. The summed E-state index contributed by atoms with van der Waals surface area (Å²) in [5.74, 6) is 0.826. The smallest absolute Gasteiger partial charge is 0.0757 e. The number of ether oxygens (including phenoxy) is 1. The van der Waals surface area contributed by atoms with Gasteiger partial charge in [0.05, 0.1) is 17.8 Å². The molecule has 3 atom stereocenters. The standard InChI is InChI=1S/C16H22N2O/c1-3-11-4-2-9-17-15(11)13(5-1)18-14-8-10-19-16(14)12-6-7-12/h2,4,9,12-14,16,18H,1,3,5-8,10H2. The van der Waals surface area contributed by atoms with Crippen molar-refractivity contribution in [1.29, 1.82) is 0 Å². The molecule has 1 N–H and O–H groups in total. The second-order valence-corrected chi connectivity index (χ2v) is 6.23. The molecule has 1 aliphatic heterocycles. The van der Waals surface area contributed by atoms with E-state index in [2.05, 4.69) is 22.4 Å². The summed E-state index contributed by atoms with van der Waals surface area (Å²) >= 11 is 0. The lowest BCUT2D eigenvalue weighted by Gasteiger charge is -2.30. The predicted molar refractivity (Wildman–Crippen MR) is 73.9 cm³/mol. The first kappa shape index (κ1) is 11.9. The maximum atomic E-state index is 5.94. The van der Waals surface area contributed by atoms with Crippen molar-refractivity contribution in [2.75, 3.05) is 6.61 Å². The third kappa shape index (κ3) is 2.30. The fraction of sp³-hybridized carbons (Fsp3) is 0.688. The van der Waals surface area contributed by atoms with E-state index in [1.54, 1.807) is 0 Å².